The Balaban J connectivity index is 0.00000352. The second-order valence-corrected chi connectivity index (χ2v) is 8.26. The Bertz CT molecular complexity index is 467. The third-order valence-electron chi connectivity index (χ3n) is 5.23. The van der Waals surface area contributed by atoms with Gasteiger partial charge in [0.25, 0.3) is 0 Å². The van der Waals surface area contributed by atoms with Crippen LogP contribution in [0.25, 0.3) is 0 Å². The minimum absolute atomic E-state index is 0.135. The molecule has 0 aromatic rings. The zero-order chi connectivity index (χ0) is 21.5. The van der Waals surface area contributed by atoms with Crippen LogP contribution < -0.4 is 0 Å². The van der Waals surface area contributed by atoms with E-state index in [1.165, 1.54) is 0 Å². The van der Waals surface area contributed by atoms with E-state index in [0.29, 0.717) is 44.2 Å². The van der Waals surface area contributed by atoms with Crippen molar-refractivity contribution in [2.24, 2.45) is 17.8 Å². The van der Waals surface area contributed by atoms with Crippen LogP contribution in [0.4, 0.5) is 4.39 Å². The van der Waals surface area contributed by atoms with E-state index < -0.39 is 12.1 Å². The highest BCUT2D eigenvalue weighted by molar-refractivity contribution is 6.21. The van der Waals surface area contributed by atoms with E-state index in [1.54, 1.807) is 6.92 Å². The van der Waals surface area contributed by atoms with E-state index in [2.05, 4.69) is 25.2 Å². The van der Waals surface area contributed by atoms with Crippen LogP contribution in [0, 0.1) is 17.8 Å². The van der Waals surface area contributed by atoms with E-state index in [0.717, 1.165) is 25.7 Å². The van der Waals surface area contributed by atoms with E-state index in [-0.39, 0.29) is 17.9 Å². The molecule has 4 nitrogen and oxygen atoms in total. The zero-order valence-corrected chi connectivity index (χ0v) is 18.2. The summed E-state index contributed by atoms with van der Waals surface area (Å²) in [6, 6.07) is 0. The maximum atomic E-state index is 10.5. The van der Waals surface area contributed by atoms with Gasteiger partial charge in [-0.15, -0.1) is 11.6 Å². The first-order valence-corrected chi connectivity index (χ1v) is 10.7. The Hall–Kier alpha value is -0.910. The highest BCUT2D eigenvalue weighted by Gasteiger charge is 2.37. The number of carboxylic acid groups (broad SMARTS) is 1. The molecule has 1 aliphatic carbocycles. The van der Waals surface area contributed by atoms with Crippen LogP contribution >= 0.6 is 11.6 Å². The van der Waals surface area contributed by atoms with Gasteiger partial charge in [0, 0.05) is 11.8 Å². The Morgan fingerprint density at radius 2 is 1.89 bits per heavy atom. The number of aliphatic carboxylic acids is 1. The predicted molar refractivity (Wildman–Crippen MR) is 113 cm³/mol. The number of hydrogen-bond acceptors (Lipinski definition) is 3. The number of carboxylic acids is 1. The van der Waals surface area contributed by atoms with Gasteiger partial charge >= 0.3 is 5.97 Å². The van der Waals surface area contributed by atoms with Gasteiger partial charge < -0.3 is 15.3 Å². The molecule has 0 aromatic carbocycles. The molecule has 1 fully saturated rings. The molecule has 3 unspecified atom stereocenters. The highest BCUT2D eigenvalue weighted by Crippen LogP contribution is 2.43. The number of rotatable bonds is 12. The van der Waals surface area contributed by atoms with Gasteiger partial charge in [0.2, 0.25) is 0 Å². The number of allylic oxidation sites excluding steroid dienone is 3. The Kier molecular flexibility index (Phi) is 15.4. The summed E-state index contributed by atoms with van der Waals surface area (Å²) in [5.41, 5.74) is 0. The van der Waals surface area contributed by atoms with Crippen molar-refractivity contribution in [3.63, 3.8) is 0 Å². The smallest absolute Gasteiger partial charge is 0.303 e. The normalized spacial score (nSPS) is 27.0. The van der Waals surface area contributed by atoms with E-state index in [1.807, 2.05) is 6.08 Å². The molecular weight excluding hydrogens is 383 g/mol. The van der Waals surface area contributed by atoms with Gasteiger partial charge in [-0.2, -0.15) is 0 Å². The Morgan fingerprint density at radius 3 is 2.50 bits per heavy atom. The summed E-state index contributed by atoms with van der Waals surface area (Å²) in [6.07, 6.45) is 13.1. The molecule has 1 saturated carbocycles. The second-order valence-electron chi connectivity index (χ2n) is 7.70. The van der Waals surface area contributed by atoms with Gasteiger partial charge in [-0.1, -0.05) is 31.2 Å². The van der Waals surface area contributed by atoms with Crippen molar-refractivity contribution in [2.45, 2.75) is 82.8 Å². The fourth-order valence-corrected chi connectivity index (χ4v) is 4.26. The molecular formula is C22H38ClFO4. The Morgan fingerprint density at radius 1 is 1.21 bits per heavy atom. The molecule has 0 amide bonds. The highest BCUT2D eigenvalue weighted by atomic mass is 35.5. The summed E-state index contributed by atoms with van der Waals surface area (Å²) in [7, 11) is 0.500. The van der Waals surface area contributed by atoms with Crippen molar-refractivity contribution >= 4 is 17.6 Å². The number of unbranched alkanes of at least 4 members (excludes halogenated alkanes) is 1. The molecule has 164 valence electrons. The quantitative estimate of drug-likeness (QED) is 0.232. The zero-order valence-electron chi connectivity index (χ0n) is 17.4. The molecule has 0 aromatic heterocycles. The number of alkyl halides is 2. The minimum Gasteiger partial charge on any atom is -0.481 e. The molecule has 0 spiro atoms. The SMILES string of the molecule is CC(O)CCC[C@H](O)/C=C/C1[C@@H](C/C=C\CCCC(=O)O)C(Cl)C[C@H]1C.CF. The first kappa shape index (κ1) is 27.1. The predicted octanol–water partition coefficient (Wildman–Crippen LogP) is 5.12. The molecule has 0 heterocycles. The van der Waals surface area contributed by atoms with E-state index in [9.17, 15) is 19.4 Å². The fourth-order valence-electron chi connectivity index (χ4n) is 3.70. The monoisotopic (exact) mass is 420 g/mol. The van der Waals surface area contributed by atoms with Crippen LogP contribution in [0.3, 0.4) is 0 Å². The van der Waals surface area contributed by atoms with Crippen LogP contribution in [0.1, 0.15) is 65.2 Å². The van der Waals surface area contributed by atoms with Crippen LogP contribution in [-0.2, 0) is 4.79 Å². The lowest BCUT2D eigenvalue weighted by atomic mass is 9.87. The van der Waals surface area contributed by atoms with E-state index in [4.69, 9.17) is 16.7 Å². The third-order valence-corrected chi connectivity index (χ3v) is 5.73. The molecule has 6 atom stereocenters. The number of aliphatic hydroxyl groups is 2. The van der Waals surface area contributed by atoms with Gasteiger partial charge in [-0.05, 0) is 69.6 Å². The molecule has 28 heavy (non-hydrogen) atoms. The number of hydrogen-bond donors (Lipinski definition) is 3. The molecule has 0 aliphatic heterocycles. The molecule has 1 aliphatic rings. The van der Waals surface area contributed by atoms with Crippen molar-refractivity contribution in [3.05, 3.63) is 24.3 Å². The first-order valence-electron chi connectivity index (χ1n) is 10.2. The molecule has 0 saturated heterocycles. The van der Waals surface area contributed by atoms with Crippen molar-refractivity contribution in [1.82, 2.24) is 0 Å². The average Bonchev–Trinajstić information content (AvgIpc) is 2.90. The van der Waals surface area contributed by atoms with Crippen molar-refractivity contribution in [1.29, 1.82) is 0 Å². The lowest BCUT2D eigenvalue weighted by Gasteiger charge is -2.20. The fraction of sp³-hybridized carbons (Fsp3) is 0.773. The molecule has 0 bridgehead atoms. The minimum atomic E-state index is -0.749. The molecule has 3 N–H and O–H groups in total. The number of halogens is 2. The third kappa shape index (κ3) is 11.8. The van der Waals surface area contributed by atoms with Gasteiger partial charge in [0.15, 0.2) is 0 Å². The summed E-state index contributed by atoms with van der Waals surface area (Å²) in [5, 5.41) is 28.2. The van der Waals surface area contributed by atoms with Crippen molar-refractivity contribution in [3.8, 4) is 0 Å². The number of aliphatic hydroxyl groups excluding tert-OH is 2. The maximum absolute atomic E-state index is 10.5. The van der Waals surface area contributed by atoms with Crippen molar-refractivity contribution < 1.29 is 24.5 Å². The van der Waals surface area contributed by atoms with Crippen LogP contribution in [0.2, 0.25) is 0 Å². The van der Waals surface area contributed by atoms with Crippen LogP contribution in [0.15, 0.2) is 24.3 Å². The first-order chi connectivity index (χ1) is 13.3. The lowest BCUT2D eigenvalue weighted by molar-refractivity contribution is -0.137. The van der Waals surface area contributed by atoms with Gasteiger partial charge in [-0.3, -0.25) is 9.18 Å². The van der Waals surface area contributed by atoms with Crippen LogP contribution in [-0.4, -0.2) is 46.1 Å². The van der Waals surface area contributed by atoms with E-state index >= 15 is 0 Å². The topological polar surface area (TPSA) is 77.8 Å². The summed E-state index contributed by atoms with van der Waals surface area (Å²) >= 11 is 6.55. The summed E-state index contributed by atoms with van der Waals surface area (Å²) in [6.45, 7) is 3.98. The van der Waals surface area contributed by atoms with Gasteiger partial charge in [-0.25, -0.2) is 0 Å². The molecule has 0 radical (unpaired) electrons. The number of carbonyl (C=O) groups is 1. The average molecular weight is 421 g/mol. The lowest BCUT2D eigenvalue weighted by Crippen LogP contribution is -2.15. The van der Waals surface area contributed by atoms with Crippen LogP contribution in [0.5, 0.6) is 0 Å². The molecule has 1 rings (SSSR count). The summed E-state index contributed by atoms with van der Waals surface area (Å²) < 4.78 is 9.50. The summed E-state index contributed by atoms with van der Waals surface area (Å²) in [4.78, 5) is 10.5. The Labute approximate surface area is 174 Å². The van der Waals surface area contributed by atoms with Gasteiger partial charge in [0.05, 0.1) is 19.4 Å². The maximum Gasteiger partial charge on any atom is 0.303 e. The van der Waals surface area contributed by atoms with Crippen molar-refractivity contribution in [2.75, 3.05) is 7.18 Å². The summed E-state index contributed by atoms with van der Waals surface area (Å²) in [5.74, 6) is 0.445. The van der Waals surface area contributed by atoms with Gasteiger partial charge in [0.1, 0.15) is 0 Å². The standard InChI is InChI=1S/C21H35ClO4.CH3F/c1-15-14-20(22)19(10-5-3-4-6-11-21(25)26)18(15)13-12-17(24)9-7-8-16(2)23;1-2/h3,5,12-13,15-20,23-24H,4,6-11,14H2,1-2H3,(H,25,26);1H3/b5-3-,13-12+;/t15-,16?,17+,18?,19-,20?;/m1./s1. The largest absolute Gasteiger partial charge is 0.481 e. The molecule has 6 heteroatoms. The second kappa shape index (κ2) is 15.9.